The number of hydrogen-bond acceptors (Lipinski definition) is 6. The van der Waals surface area contributed by atoms with Gasteiger partial charge in [0.25, 0.3) is 0 Å². The van der Waals surface area contributed by atoms with Gasteiger partial charge in [-0.05, 0) is 37.3 Å². The molecule has 2 aromatic carbocycles. The number of rotatable bonds is 6. The predicted octanol–water partition coefficient (Wildman–Crippen LogP) is 0.732. The second-order valence-electron chi connectivity index (χ2n) is 5.77. The number of nitrogens with two attached hydrogens (primary N) is 1. The molecule has 0 aromatic heterocycles. The van der Waals surface area contributed by atoms with Gasteiger partial charge in [0.05, 0.1) is 17.9 Å². The van der Waals surface area contributed by atoms with Gasteiger partial charge in [-0.1, -0.05) is 30.0 Å². The van der Waals surface area contributed by atoms with E-state index in [0.29, 0.717) is 29.4 Å². The third-order valence-corrected chi connectivity index (χ3v) is 5.31. The van der Waals surface area contributed by atoms with E-state index in [0.717, 1.165) is 5.56 Å². The number of ether oxygens (including phenoxy) is 2. The van der Waals surface area contributed by atoms with Crippen LogP contribution in [0.1, 0.15) is 28.2 Å². The number of carbonyl (C=O) groups is 2. The van der Waals surface area contributed by atoms with Crippen LogP contribution in [0.4, 0.5) is 0 Å². The van der Waals surface area contributed by atoms with Crippen molar-refractivity contribution >= 4 is 23.7 Å². The minimum Gasteiger partial charge on any atom is -0.544 e. The number of carboxylic acids is 1. The fourth-order valence-corrected chi connectivity index (χ4v) is 3.97. The SMILES string of the molecule is CCOc1cc([C@@H]2[NH2+][C@H](C(=O)[O-])CS2)ccc1OC(=O)c1ccccc1. The van der Waals surface area contributed by atoms with Crippen LogP contribution in [0.3, 0.4) is 0 Å². The molecule has 0 aliphatic carbocycles. The van der Waals surface area contributed by atoms with E-state index in [1.807, 2.05) is 19.1 Å². The number of carboxylic acid groups (broad SMARTS) is 1. The maximum atomic E-state index is 12.3. The van der Waals surface area contributed by atoms with Crippen LogP contribution in [0.2, 0.25) is 0 Å². The molecular formula is C19H19NO5S. The first-order valence-corrected chi connectivity index (χ1v) is 9.34. The normalized spacial score (nSPS) is 19.1. The van der Waals surface area contributed by atoms with Crippen molar-refractivity contribution in [1.82, 2.24) is 0 Å². The summed E-state index contributed by atoms with van der Waals surface area (Å²) in [6.07, 6.45) is 0. The summed E-state index contributed by atoms with van der Waals surface area (Å²) in [6.45, 7) is 2.26. The van der Waals surface area contributed by atoms with E-state index in [1.54, 1.807) is 41.7 Å². The van der Waals surface area contributed by atoms with Crippen molar-refractivity contribution in [3.8, 4) is 11.5 Å². The molecule has 0 saturated carbocycles. The van der Waals surface area contributed by atoms with Crippen molar-refractivity contribution < 1.29 is 29.5 Å². The molecule has 0 bridgehead atoms. The first-order valence-electron chi connectivity index (χ1n) is 8.30. The average Bonchev–Trinajstić information content (AvgIpc) is 3.14. The molecule has 2 aromatic rings. The minimum atomic E-state index is -1.06. The molecule has 26 heavy (non-hydrogen) atoms. The topological polar surface area (TPSA) is 92.3 Å². The van der Waals surface area contributed by atoms with Crippen LogP contribution in [0, 0.1) is 0 Å². The summed E-state index contributed by atoms with van der Waals surface area (Å²) in [5, 5.41) is 12.7. The van der Waals surface area contributed by atoms with Gasteiger partial charge in [0, 0.05) is 5.56 Å². The Balaban J connectivity index is 1.79. The molecule has 1 fully saturated rings. The first kappa shape index (κ1) is 18.3. The zero-order chi connectivity index (χ0) is 18.5. The number of benzene rings is 2. The smallest absolute Gasteiger partial charge is 0.343 e. The monoisotopic (exact) mass is 373 g/mol. The van der Waals surface area contributed by atoms with Crippen LogP contribution in [0.15, 0.2) is 48.5 Å². The molecule has 1 heterocycles. The van der Waals surface area contributed by atoms with Gasteiger partial charge in [-0.2, -0.15) is 0 Å². The molecule has 1 aliphatic rings. The molecule has 1 saturated heterocycles. The van der Waals surface area contributed by atoms with Crippen LogP contribution in [-0.2, 0) is 4.79 Å². The van der Waals surface area contributed by atoms with Gasteiger partial charge in [0.2, 0.25) is 0 Å². The van der Waals surface area contributed by atoms with Crippen molar-refractivity contribution in [2.24, 2.45) is 0 Å². The van der Waals surface area contributed by atoms with Crippen molar-refractivity contribution in [1.29, 1.82) is 0 Å². The van der Waals surface area contributed by atoms with Crippen LogP contribution in [0.25, 0.3) is 0 Å². The van der Waals surface area contributed by atoms with E-state index in [-0.39, 0.29) is 5.37 Å². The van der Waals surface area contributed by atoms with E-state index in [2.05, 4.69) is 0 Å². The van der Waals surface area contributed by atoms with Crippen molar-refractivity contribution in [3.63, 3.8) is 0 Å². The van der Waals surface area contributed by atoms with Crippen LogP contribution >= 0.6 is 11.8 Å². The Hall–Kier alpha value is -2.51. The van der Waals surface area contributed by atoms with Crippen molar-refractivity contribution in [2.75, 3.05) is 12.4 Å². The highest BCUT2D eigenvalue weighted by Gasteiger charge is 2.31. The molecule has 0 spiro atoms. The Kier molecular flexibility index (Phi) is 5.80. The number of aliphatic carboxylic acids is 1. The highest BCUT2D eigenvalue weighted by atomic mass is 32.2. The van der Waals surface area contributed by atoms with E-state index in [4.69, 9.17) is 9.47 Å². The molecular weight excluding hydrogens is 354 g/mol. The Morgan fingerprint density at radius 2 is 1.96 bits per heavy atom. The fourth-order valence-electron chi connectivity index (χ4n) is 2.67. The number of carbonyl (C=O) groups excluding carboxylic acids is 2. The lowest BCUT2D eigenvalue weighted by molar-refractivity contribution is -0.690. The van der Waals surface area contributed by atoms with Gasteiger partial charge < -0.3 is 24.7 Å². The second kappa shape index (κ2) is 8.25. The third-order valence-electron chi connectivity index (χ3n) is 3.97. The van der Waals surface area contributed by atoms with E-state index in [9.17, 15) is 14.7 Å². The summed E-state index contributed by atoms with van der Waals surface area (Å²) in [5.74, 6) is -0.234. The van der Waals surface area contributed by atoms with E-state index < -0.39 is 18.0 Å². The Labute approximate surface area is 155 Å². The summed E-state index contributed by atoms with van der Waals surface area (Å²) < 4.78 is 11.1. The van der Waals surface area contributed by atoms with Gasteiger partial charge in [-0.25, -0.2) is 4.79 Å². The molecule has 1 aliphatic heterocycles. The minimum absolute atomic E-state index is 0.0593. The summed E-state index contributed by atoms with van der Waals surface area (Å²) in [7, 11) is 0. The number of esters is 1. The second-order valence-corrected chi connectivity index (χ2v) is 6.94. The quantitative estimate of drug-likeness (QED) is 0.593. The summed E-state index contributed by atoms with van der Waals surface area (Å²) >= 11 is 1.54. The van der Waals surface area contributed by atoms with Gasteiger partial charge in [-0.15, -0.1) is 0 Å². The van der Waals surface area contributed by atoms with Gasteiger partial charge >= 0.3 is 5.97 Å². The van der Waals surface area contributed by atoms with Crippen LogP contribution in [-0.4, -0.2) is 30.3 Å². The molecule has 3 rings (SSSR count). The predicted molar refractivity (Wildman–Crippen MR) is 94.9 cm³/mol. The number of hydrogen-bond donors (Lipinski definition) is 1. The van der Waals surface area contributed by atoms with E-state index in [1.165, 1.54) is 11.8 Å². The first-order chi connectivity index (χ1) is 12.6. The molecule has 2 N–H and O–H groups in total. The Morgan fingerprint density at radius 3 is 2.62 bits per heavy atom. The van der Waals surface area contributed by atoms with Gasteiger partial charge in [-0.3, -0.25) is 0 Å². The van der Waals surface area contributed by atoms with Crippen molar-refractivity contribution in [3.05, 3.63) is 59.7 Å². The van der Waals surface area contributed by atoms with Crippen molar-refractivity contribution in [2.45, 2.75) is 18.3 Å². The molecule has 6 nitrogen and oxygen atoms in total. The Morgan fingerprint density at radius 1 is 1.19 bits per heavy atom. The average molecular weight is 373 g/mol. The lowest BCUT2D eigenvalue weighted by Gasteiger charge is -2.15. The standard InChI is InChI=1S/C19H19NO5S/c1-2-24-16-10-13(17-20-14(11-26-17)18(21)22)8-9-15(16)25-19(23)12-6-4-3-5-7-12/h3-10,14,17,20H,2,11H2,1H3,(H,21,22)/t14-,17+/m0/s1. The number of thioether (sulfide) groups is 1. The summed E-state index contributed by atoms with van der Waals surface area (Å²) in [6, 6.07) is 13.5. The largest absolute Gasteiger partial charge is 0.544 e. The highest BCUT2D eigenvalue weighted by molar-refractivity contribution is 7.99. The molecule has 0 radical (unpaired) electrons. The maximum Gasteiger partial charge on any atom is 0.343 e. The van der Waals surface area contributed by atoms with Crippen LogP contribution < -0.4 is 19.9 Å². The van der Waals surface area contributed by atoms with Gasteiger partial charge in [0.15, 0.2) is 16.9 Å². The maximum absolute atomic E-state index is 12.3. The molecule has 0 amide bonds. The summed E-state index contributed by atoms with van der Waals surface area (Å²) in [5.41, 5.74) is 1.36. The van der Waals surface area contributed by atoms with Gasteiger partial charge in [0.1, 0.15) is 12.0 Å². The molecule has 7 heteroatoms. The highest BCUT2D eigenvalue weighted by Crippen LogP contribution is 2.34. The van der Waals surface area contributed by atoms with E-state index >= 15 is 0 Å². The third kappa shape index (κ3) is 4.17. The summed E-state index contributed by atoms with van der Waals surface area (Å²) in [4.78, 5) is 23.3. The lowest BCUT2D eigenvalue weighted by atomic mass is 10.2. The molecule has 136 valence electrons. The molecule has 0 unspecified atom stereocenters. The fraction of sp³-hybridized carbons (Fsp3) is 0.263. The van der Waals surface area contributed by atoms with Crippen LogP contribution in [0.5, 0.6) is 11.5 Å². The molecule has 2 atom stereocenters. The Bertz CT molecular complexity index is 796. The zero-order valence-electron chi connectivity index (χ0n) is 14.2. The zero-order valence-corrected chi connectivity index (χ0v) is 15.0. The lowest BCUT2D eigenvalue weighted by Crippen LogP contribution is -2.90. The number of quaternary nitrogens is 1.